The van der Waals surface area contributed by atoms with E-state index in [-0.39, 0.29) is 17.6 Å². The van der Waals surface area contributed by atoms with E-state index in [1.807, 2.05) is 20.2 Å². The zero-order chi connectivity index (χ0) is 18.8. The summed E-state index contributed by atoms with van der Waals surface area (Å²) in [5, 5.41) is 10.9. The van der Waals surface area contributed by atoms with Gasteiger partial charge in [0.15, 0.2) is 0 Å². The zero-order valence-electron chi connectivity index (χ0n) is 16.1. The summed E-state index contributed by atoms with van der Waals surface area (Å²) in [6.07, 6.45) is 13.2. The number of amides is 1. The van der Waals surface area contributed by atoms with E-state index in [2.05, 4.69) is 47.2 Å². The summed E-state index contributed by atoms with van der Waals surface area (Å²) >= 11 is 0. The Hall–Kier alpha value is -2.69. The SMILES string of the molecule is CC1Nc2cc(C(=O)N(C)C)c3c(c2N1)NC1(C=C2CC=CC=C2C1)CC3. The van der Waals surface area contributed by atoms with Gasteiger partial charge in [-0.15, -0.1) is 0 Å². The number of nitrogens with one attached hydrogen (secondary N) is 3. The molecule has 0 saturated heterocycles. The number of carbonyl (C=O) groups excluding carboxylic acids is 1. The van der Waals surface area contributed by atoms with Crippen LogP contribution in [0.5, 0.6) is 0 Å². The molecule has 140 valence electrons. The van der Waals surface area contributed by atoms with Crippen molar-refractivity contribution in [3.63, 3.8) is 0 Å². The third-order valence-corrected chi connectivity index (χ3v) is 6.14. The predicted octanol–water partition coefficient (Wildman–Crippen LogP) is 3.89. The molecular formula is C22H26N4O. The first kappa shape index (κ1) is 16.5. The lowest BCUT2D eigenvalue weighted by molar-refractivity contribution is 0.0826. The van der Waals surface area contributed by atoms with Crippen molar-refractivity contribution in [2.45, 2.75) is 44.3 Å². The van der Waals surface area contributed by atoms with Crippen LogP contribution in [0.1, 0.15) is 42.1 Å². The molecule has 5 rings (SSSR count). The van der Waals surface area contributed by atoms with Crippen molar-refractivity contribution in [3.8, 4) is 0 Å². The van der Waals surface area contributed by atoms with Crippen LogP contribution < -0.4 is 16.0 Å². The second kappa shape index (κ2) is 5.65. The van der Waals surface area contributed by atoms with E-state index in [1.54, 1.807) is 4.90 Å². The molecule has 5 heteroatoms. The molecule has 4 aliphatic rings. The first-order valence-corrected chi connectivity index (χ1v) is 9.76. The molecule has 2 aliphatic heterocycles. The van der Waals surface area contributed by atoms with Crippen molar-refractivity contribution in [1.29, 1.82) is 0 Å². The van der Waals surface area contributed by atoms with E-state index in [1.165, 1.54) is 11.1 Å². The Bertz CT molecular complexity index is 940. The molecule has 27 heavy (non-hydrogen) atoms. The molecule has 0 bridgehead atoms. The van der Waals surface area contributed by atoms with Gasteiger partial charge in [-0.3, -0.25) is 4.79 Å². The summed E-state index contributed by atoms with van der Waals surface area (Å²) in [4.78, 5) is 14.5. The monoisotopic (exact) mass is 362 g/mol. The lowest BCUT2D eigenvalue weighted by Crippen LogP contribution is -2.39. The average molecular weight is 362 g/mol. The van der Waals surface area contributed by atoms with Crippen molar-refractivity contribution >= 4 is 23.0 Å². The molecule has 5 nitrogen and oxygen atoms in total. The molecule has 2 atom stereocenters. The van der Waals surface area contributed by atoms with Gasteiger partial charge < -0.3 is 20.9 Å². The third kappa shape index (κ3) is 2.48. The fraction of sp³-hybridized carbons (Fsp3) is 0.409. The number of hydrogen-bond acceptors (Lipinski definition) is 4. The second-order valence-corrected chi connectivity index (χ2v) is 8.36. The van der Waals surface area contributed by atoms with Gasteiger partial charge >= 0.3 is 0 Å². The number of anilines is 3. The van der Waals surface area contributed by atoms with Gasteiger partial charge in [0.25, 0.3) is 5.91 Å². The first-order chi connectivity index (χ1) is 13.0. The Labute approximate surface area is 160 Å². The van der Waals surface area contributed by atoms with Crippen LogP contribution in [0, 0.1) is 0 Å². The van der Waals surface area contributed by atoms with Gasteiger partial charge in [-0.25, -0.2) is 0 Å². The zero-order valence-corrected chi connectivity index (χ0v) is 16.1. The molecule has 0 radical (unpaired) electrons. The van der Waals surface area contributed by atoms with Gasteiger partial charge in [0.05, 0.1) is 28.8 Å². The minimum Gasteiger partial charge on any atom is -0.374 e. The minimum atomic E-state index is -0.0404. The number of nitrogens with zero attached hydrogens (tertiary/aromatic N) is 1. The molecule has 2 unspecified atom stereocenters. The summed E-state index contributed by atoms with van der Waals surface area (Å²) in [6, 6.07) is 2.02. The quantitative estimate of drug-likeness (QED) is 0.710. The fourth-order valence-corrected chi connectivity index (χ4v) is 4.87. The minimum absolute atomic E-state index is 0.0404. The van der Waals surface area contributed by atoms with Crippen LogP contribution in [0.15, 0.2) is 41.5 Å². The van der Waals surface area contributed by atoms with E-state index >= 15 is 0 Å². The number of hydrogen-bond donors (Lipinski definition) is 3. The highest BCUT2D eigenvalue weighted by atomic mass is 16.2. The number of rotatable bonds is 1. The molecule has 2 aliphatic carbocycles. The molecule has 0 aromatic heterocycles. The van der Waals surface area contributed by atoms with E-state index in [9.17, 15) is 4.79 Å². The molecule has 1 aromatic rings. The largest absolute Gasteiger partial charge is 0.374 e. The Balaban J connectivity index is 1.61. The summed E-state index contributed by atoms with van der Waals surface area (Å²) in [6.45, 7) is 2.10. The maximum Gasteiger partial charge on any atom is 0.253 e. The van der Waals surface area contributed by atoms with Crippen molar-refractivity contribution in [2.24, 2.45) is 0 Å². The lowest BCUT2D eigenvalue weighted by atomic mass is 9.82. The van der Waals surface area contributed by atoms with Crippen LogP contribution in [0.3, 0.4) is 0 Å². The Morgan fingerprint density at radius 3 is 2.85 bits per heavy atom. The molecule has 1 aromatic carbocycles. The van der Waals surface area contributed by atoms with Crippen molar-refractivity contribution in [1.82, 2.24) is 4.90 Å². The van der Waals surface area contributed by atoms with Gasteiger partial charge in [0.2, 0.25) is 0 Å². The number of allylic oxidation sites excluding steroid dienone is 4. The average Bonchev–Trinajstić information content (AvgIpc) is 3.19. The van der Waals surface area contributed by atoms with Gasteiger partial charge in [-0.05, 0) is 55.4 Å². The standard InChI is InChI=1S/C22H26N4O/c1-13-23-18-10-17(21(27)26(2)3)16-8-9-22(25-19(16)20(18)24-13)11-14-6-4-5-7-15(14)12-22/h4-6,10,12-13,23-25H,7-9,11H2,1-3H3. The molecule has 3 N–H and O–H groups in total. The van der Waals surface area contributed by atoms with Crippen LogP contribution in [0.2, 0.25) is 0 Å². The van der Waals surface area contributed by atoms with Crippen molar-refractivity contribution in [2.75, 3.05) is 30.0 Å². The second-order valence-electron chi connectivity index (χ2n) is 8.36. The van der Waals surface area contributed by atoms with E-state index < -0.39 is 0 Å². The van der Waals surface area contributed by atoms with Gasteiger partial charge in [-0.1, -0.05) is 24.3 Å². The Morgan fingerprint density at radius 2 is 2.07 bits per heavy atom. The maximum atomic E-state index is 12.8. The molecule has 0 saturated carbocycles. The van der Waals surface area contributed by atoms with Crippen LogP contribution in [-0.2, 0) is 6.42 Å². The van der Waals surface area contributed by atoms with Gasteiger partial charge in [-0.2, -0.15) is 0 Å². The lowest BCUT2D eigenvalue weighted by Gasteiger charge is -2.37. The third-order valence-electron chi connectivity index (χ3n) is 6.14. The van der Waals surface area contributed by atoms with E-state index in [0.29, 0.717) is 0 Å². The summed E-state index contributed by atoms with van der Waals surface area (Å²) < 4.78 is 0. The highest BCUT2D eigenvalue weighted by Crippen LogP contribution is 2.50. The topological polar surface area (TPSA) is 56.4 Å². The molecule has 0 fully saturated rings. The molecule has 1 amide bonds. The number of benzene rings is 1. The fourth-order valence-electron chi connectivity index (χ4n) is 4.87. The van der Waals surface area contributed by atoms with Crippen LogP contribution >= 0.6 is 0 Å². The van der Waals surface area contributed by atoms with Crippen LogP contribution in [0.25, 0.3) is 0 Å². The first-order valence-electron chi connectivity index (χ1n) is 9.76. The summed E-state index contributed by atoms with van der Waals surface area (Å²) in [5.74, 6) is 0.0681. The Morgan fingerprint density at radius 1 is 1.22 bits per heavy atom. The normalized spacial score (nSPS) is 26.9. The Kier molecular flexibility index (Phi) is 3.45. The van der Waals surface area contributed by atoms with Crippen LogP contribution in [0.4, 0.5) is 17.1 Å². The smallest absolute Gasteiger partial charge is 0.253 e. The predicted molar refractivity (Wildman–Crippen MR) is 110 cm³/mol. The molecule has 2 heterocycles. The maximum absolute atomic E-state index is 12.8. The number of carbonyl (C=O) groups is 1. The highest BCUT2D eigenvalue weighted by molar-refractivity contribution is 6.03. The molecular weight excluding hydrogens is 336 g/mol. The summed E-state index contributed by atoms with van der Waals surface area (Å²) in [5.41, 5.74) is 8.03. The molecule has 1 spiro atoms. The number of fused-ring (bicyclic) bond motifs is 4. The highest BCUT2D eigenvalue weighted by Gasteiger charge is 2.41. The van der Waals surface area contributed by atoms with Gasteiger partial charge in [0.1, 0.15) is 0 Å². The van der Waals surface area contributed by atoms with Gasteiger partial charge in [0, 0.05) is 19.7 Å². The summed E-state index contributed by atoms with van der Waals surface area (Å²) in [7, 11) is 3.64. The van der Waals surface area contributed by atoms with Crippen molar-refractivity contribution < 1.29 is 4.79 Å². The van der Waals surface area contributed by atoms with Crippen molar-refractivity contribution in [3.05, 3.63) is 52.6 Å². The van der Waals surface area contributed by atoms with E-state index in [0.717, 1.165) is 53.9 Å². The van der Waals surface area contributed by atoms with E-state index in [4.69, 9.17) is 0 Å². The van der Waals surface area contributed by atoms with Crippen LogP contribution in [-0.4, -0.2) is 36.6 Å².